The summed E-state index contributed by atoms with van der Waals surface area (Å²) in [5, 5.41) is 0. The molecule has 1 aliphatic heterocycles. The van der Waals surface area contributed by atoms with Crippen LogP contribution in [0.4, 0.5) is 4.79 Å². The van der Waals surface area contributed by atoms with Gasteiger partial charge in [0.1, 0.15) is 5.60 Å². The molecule has 214 valence electrons. The molecule has 0 aliphatic carbocycles. The Balaban J connectivity index is 1.70. The van der Waals surface area contributed by atoms with Gasteiger partial charge in [-0.3, -0.25) is 0 Å². The molecular formula is C25H49NO10. The maximum Gasteiger partial charge on any atom is 0.410 e. The van der Waals surface area contributed by atoms with Crippen LogP contribution in [0.1, 0.15) is 40.0 Å². The van der Waals surface area contributed by atoms with Gasteiger partial charge in [-0.25, -0.2) is 4.79 Å². The fourth-order valence-electron chi connectivity index (χ4n) is 2.92. The van der Waals surface area contributed by atoms with Gasteiger partial charge in [0.05, 0.1) is 85.9 Å². The maximum atomic E-state index is 11.8. The lowest BCUT2D eigenvalue weighted by molar-refractivity contribution is -0.169. The Kier molecular flexibility index (Phi) is 20.1. The van der Waals surface area contributed by atoms with Gasteiger partial charge in [0, 0.05) is 20.2 Å². The second kappa shape index (κ2) is 22.0. The van der Waals surface area contributed by atoms with E-state index in [4.69, 9.17) is 42.6 Å². The third-order valence-corrected chi connectivity index (χ3v) is 4.81. The first kappa shape index (κ1) is 33.0. The van der Waals surface area contributed by atoms with E-state index >= 15 is 0 Å². The lowest BCUT2D eigenvalue weighted by Gasteiger charge is -2.24. The smallest absolute Gasteiger partial charge is 0.410 e. The molecular weight excluding hydrogens is 474 g/mol. The van der Waals surface area contributed by atoms with Gasteiger partial charge in [0.15, 0.2) is 6.29 Å². The zero-order valence-corrected chi connectivity index (χ0v) is 22.8. The second-order valence-corrected chi connectivity index (χ2v) is 9.24. The molecule has 1 unspecified atom stereocenters. The average Bonchev–Trinajstić information content (AvgIpc) is 2.84. The minimum Gasteiger partial charge on any atom is -0.444 e. The molecule has 36 heavy (non-hydrogen) atoms. The van der Waals surface area contributed by atoms with Crippen LogP contribution in [0.5, 0.6) is 0 Å². The predicted octanol–water partition coefficient (Wildman–Crippen LogP) is 2.50. The number of amides is 1. The van der Waals surface area contributed by atoms with Crippen LogP contribution < -0.4 is 0 Å². The van der Waals surface area contributed by atoms with Crippen LogP contribution in [-0.4, -0.2) is 129 Å². The number of nitrogens with zero attached hydrogens (tertiary/aromatic N) is 1. The molecule has 0 aromatic rings. The Morgan fingerprint density at radius 3 is 1.58 bits per heavy atom. The molecule has 11 nitrogen and oxygen atoms in total. The number of hydrogen-bond acceptors (Lipinski definition) is 10. The van der Waals surface area contributed by atoms with Gasteiger partial charge in [0.25, 0.3) is 0 Å². The molecule has 1 amide bonds. The summed E-state index contributed by atoms with van der Waals surface area (Å²) in [6.07, 6.45) is 2.83. The van der Waals surface area contributed by atoms with E-state index in [2.05, 4.69) is 0 Å². The highest BCUT2D eigenvalue weighted by Crippen LogP contribution is 2.13. The molecule has 1 rings (SSSR count). The van der Waals surface area contributed by atoms with Crippen molar-refractivity contribution in [2.24, 2.45) is 0 Å². The first-order valence-corrected chi connectivity index (χ1v) is 13.0. The molecule has 0 saturated carbocycles. The van der Waals surface area contributed by atoms with Crippen molar-refractivity contribution in [3.8, 4) is 0 Å². The zero-order valence-electron chi connectivity index (χ0n) is 22.8. The van der Waals surface area contributed by atoms with E-state index in [1.165, 1.54) is 4.90 Å². The summed E-state index contributed by atoms with van der Waals surface area (Å²) in [4.78, 5) is 13.3. The summed E-state index contributed by atoms with van der Waals surface area (Å²) in [6.45, 7) is 13.3. The van der Waals surface area contributed by atoms with Crippen molar-refractivity contribution in [3.05, 3.63) is 0 Å². The van der Waals surface area contributed by atoms with E-state index < -0.39 is 5.60 Å². The van der Waals surface area contributed by atoms with Crippen molar-refractivity contribution in [1.29, 1.82) is 0 Å². The molecule has 0 aromatic heterocycles. The highest BCUT2D eigenvalue weighted by atomic mass is 16.7. The van der Waals surface area contributed by atoms with Gasteiger partial charge >= 0.3 is 6.09 Å². The van der Waals surface area contributed by atoms with Gasteiger partial charge in [-0.2, -0.15) is 0 Å². The Morgan fingerprint density at radius 2 is 1.17 bits per heavy atom. The van der Waals surface area contributed by atoms with Crippen LogP contribution in [0, 0.1) is 0 Å². The summed E-state index contributed by atoms with van der Waals surface area (Å²) < 4.78 is 49.1. The fraction of sp³-hybridized carbons (Fsp3) is 0.960. The molecule has 0 radical (unpaired) electrons. The van der Waals surface area contributed by atoms with Crippen LogP contribution in [0.25, 0.3) is 0 Å². The van der Waals surface area contributed by atoms with E-state index in [1.54, 1.807) is 7.05 Å². The first-order chi connectivity index (χ1) is 17.4. The van der Waals surface area contributed by atoms with E-state index in [0.29, 0.717) is 92.4 Å². The Labute approximate surface area is 216 Å². The number of hydrogen-bond donors (Lipinski definition) is 0. The normalized spacial score (nSPS) is 16.3. The first-order valence-electron chi connectivity index (χ1n) is 13.0. The van der Waals surface area contributed by atoms with Gasteiger partial charge in [0.2, 0.25) is 0 Å². The Hall–Kier alpha value is -1.05. The maximum absolute atomic E-state index is 11.8. The summed E-state index contributed by atoms with van der Waals surface area (Å²) in [6, 6.07) is 0. The molecule has 0 bridgehead atoms. The number of carbonyl (C=O) groups is 1. The third-order valence-electron chi connectivity index (χ3n) is 4.81. The molecule has 1 saturated heterocycles. The molecule has 1 atom stereocenters. The average molecular weight is 524 g/mol. The molecule has 1 aliphatic rings. The molecule has 0 spiro atoms. The van der Waals surface area contributed by atoms with Crippen molar-refractivity contribution < 1.29 is 47.4 Å². The minimum absolute atomic E-state index is 0.0656. The summed E-state index contributed by atoms with van der Waals surface area (Å²) in [5.74, 6) is 0. The standard InChI is InChI=1S/C25H49NO10/c1-25(2,3)36-24(27)26(4)8-10-28-11-12-29-13-14-30-15-16-31-17-18-32-19-20-33-21-22-35-23-7-5-6-9-34-23/h23H,5-22H2,1-4H3. The van der Waals surface area contributed by atoms with Crippen molar-refractivity contribution in [1.82, 2.24) is 4.90 Å². The van der Waals surface area contributed by atoms with E-state index in [-0.39, 0.29) is 12.4 Å². The van der Waals surface area contributed by atoms with Crippen LogP contribution in [0.3, 0.4) is 0 Å². The van der Waals surface area contributed by atoms with Crippen LogP contribution in [0.15, 0.2) is 0 Å². The van der Waals surface area contributed by atoms with Crippen molar-refractivity contribution >= 4 is 6.09 Å². The van der Waals surface area contributed by atoms with Crippen molar-refractivity contribution in [3.63, 3.8) is 0 Å². The highest BCUT2D eigenvalue weighted by Gasteiger charge is 2.19. The summed E-state index contributed by atoms with van der Waals surface area (Å²) in [5.41, 5.74) is -0.501. The lowest BCUT2D eigenvalue weighted by Crippen LogP contribution is -2.36. The van der Waals surface area contributed by atoms with E-state index in [1.807, 2.05) is 20.8 Å². The minimum atomic E-state index is -0.501. The Morgan fingerprint density at radius 1 is 0.722 bits per heavy atom. The molecule has 1 fully saturated rings. The third kappa shape index (κ3) is 21.1. The summed E-state index contributed by atoms with van der Waals surface area (Å²) in [7, 11) is 1.69. The number of ether oxygens (including phenoxy) is 9. The second-order valence-electron chi connectivity index (χ2n) is 9.24. The number of carbonyl (C=O) groups excluding carboxylic acids is 1. The van der Waals surface area contributed by atoms with E-state index in [0.717, 1.165) is 25.9 Å². The monoisotopic (exact) mass is 523 g/mol. The number of likely N-dealkylation sites (N-methyl/N-ethyl adjacent to an activating group) is 1. The topological polar surface area (TPSA) is 103 Å². The molecule has 0 N–H and O–H groups in total. The van der Waals surface area contributed by atoms with Crippen LogP contribution >= 0.6 is 0 Å². The van der Waals surface area contributed by atoms with Crippen LogP contribution in [-0.2, 0) is 42.6 Å². The SMILES string of the molecule is CN(CCOCCOCCOCCOCCOCCOCCOC1CCCCO1)C(=O)OC(C)(C)C. The van der Waals surface area contributed by atoms with Gasteiger partial charge in [-0.1, -0.05) is 0 Å². The van der Waals surface area contributed by atoms with Gasteiger partial charge < -0.3 is 47.5 Å². The van der Waals surface area contributed by atoms with Gasteiger partial charge in [-0.15, -0.1) is 0 Å². The van der Waals surface area contributed by atoms with Crippen molar-refractivity contribution in [2.45, 2.75) is 51.9 Å². The quantitative estimate of drug-likeness (QED) is 0.197. The molecule has 1 heterocycles. The van der Waals surface area contributed by atoms with Gasteiger partial charge in [-0.05, 0) is 40.0 Å². The Bertz CT molecular complexity index is 512. The van der Waals surface area contributed by atoms with Crippen LogP contribution in [0.2, 0.25) is 0 Å². The fourth-order valence-corrected chi connectivity index (χ4v) is 2.92. The summed E-state index contributed by atoms with van der Waals surface area (Å²) >= 11 is 0. The number of rotatable bonds is 22. The highest BCUT2D eigenvalue weighted by molar-refractivity contribution is 5.67. The van der Waals surface area contributed by atoms with Crippen molar-refractivity contribution in [2.75, 3.05) is 106 Å². The molecule has 0 aromatic carbocycles. The lowest BCUT2D eigenvalue weighted by atomic mass is 10.2. The van der Waals surface area contributed by atoms with E-state index in [9.17, 15) is 4.79 Å². The molecule has 11 heteroatoms. The predicted molar refractivity (Wildman–Crippen MR) is 133 cm³/mol. The largest absolute Gasteiger partial charge is 0.444 e. The zero-order chi connectivity index (χ0) is 26.3.